The lowest BCUT2D eigenvalue weighted by atomic mass is 10.2. The number of carbonyl (C=O) groups is 1. The number of nitrogens with one attached hydrogen (secondary N) is 1. The Morgan fingerprint density at radius 2 is 1.75 bits per heavy atom. The third-order valence-electron chi connectivity index (χ3n) is 4.51. The maximum Gasteiger partial charge on any atom is 0.277 e. The summed E-state index contributed by atoms with van der Waals surface area (Å²) in [6.07, 6.45) is 0. The lowest BCUT2D eigenvalue weighted by Gasteiger charge is -2.11. The molecule has 1 atom stereocenters. The second kappa shape index (κ2) is 10.3. The zero-order chi connectivity index (χ0) is 22.3. The van der Waals surface area contributed by atoms with Crippen LogP contribution in [0.4, 0.5) is 5.69 Å². The fourth-order valence-corrected chi connectivity index (χ4v) is 3.60. The normalized spacial score (nSPS) is 11.7. The molecule has 0 spiro atoms. The Morgan fingerprint density at radius 1 is 1.03 bits per heavy atom. The van der Waals surface area contributed by atoms with Gasteiger partial charge in [0.2, 0.25) is 11.8 Å². The van der Waals surface area contributed by atoms with Crippen molar-refractivity contribution in [3.8, 4) is 17.2 Å². The van der Waals surface area contributed by atoms with Crippen molar-refractivity contribution in [3.05, 3.63) is 89.4 Å². The number of halogens is 1. The van der Waals surface area contributed by atoms with E-state index in [1.54, 1.807) is 43.3 Å². The molecule has 162 valence electrons. The van der Waals surface area contributed by atoms with Gasteiger partial charge in [-0.3, -0.25) is 4.79 Å². The summed E-state index contributed by atoms with van der Waals surface area (Å²) in [6.45, 7) is 2.27. The van der Waals surface area contributed by atoms with Gasteiger partial charge in [0, 0.05) is 16.3 Å². The van der Waals surface area contributed by atoms with Crippen molar-refractivity contribution >= 4 is 35.0 Å². The van der Waals surface area contributed by atoms with Crippen molar-refractivity contribution in [3.63, 3.8) is 0 Å². The first kappa shape index (κ1) is 21.9. The predicted molar refractivity (Wildman–Crippen MR) is 126 cm³/mol. The van der Waals surface area contributed by atoms with Crippen molar-refractivity contribution in [2.75, 3.05) is 5.32 Å². The molecule has 0 aliphatic rings. The van der Waals surface area contributed by atoms with Crippen LogP contribution in [0.25, 0.3) is 11.5 Å². The van der Waals surface area contributed by atoms with E-state index >= 15 is 0 Å². The number of aromatic nitrogens is 2. The Kier molecular flexibility index (Phi) is 7.09. The van der Waals surface area contributed by atoms with Crippen LogP contribution in [0.2, 0.25) is 5.02 Å². The zero-order valence-electron chi connectivity index (χ0n) is 17.2. The average molecular weight is 466 g/mol. The molecular weight excluding hydrogens is 446 g/mol. The maximum atomic E-state index is 12.6. The second-order valence-electron chi connectivity index (χ2n) is 6.93. The fourth-order valence-electron chi connectivity index (χ4n) is 2.79. The van der Waals surface area contributed by atoms with Gasteiger partial charge < -0.3 is 14.5 Å². The highest BCUT2D eigenvalue weighted by atomic mass is 35.5. The number of ether oxygens (including phenoxy) is 1. The number of amides is 1. The van der Waals surface area contributed by atoms with Crippen LogP contribution >= 0.6 is 23.4 Å². The molecule has 0 saturated carbocycles. The van der Waals surface area contributed by atoms with E-state index in [0.717, 1.165) is 16.9 Å². The van der Waals surface area contributed by atoms with Crippen molar-refractivity contribution < 1.29 is 13.9 Å². The van der Waals surface area contributed by atoms with Crippen LogP contribution in [0.1, 0.15) is 12.5 Å². The topological polar surface area (TPSA) is 77.2 Å². The summed E-state index contributed by atoms with van der Waals surface area (Å²) >= 11 is 7.10. The highest BCUT2D eigenvalue weighted by Crippen LogP contribution is 2.27. The molecule has 4 rings (SSSR count). The van der Waals surface area contributed by atoms with Crippen LogP contribution in [0.3, 0.4) is 0 Å². The molecule has 6 nitrogen and oxygen atoms in total. The molecule has 1 heterocycles. The minimum atomic E-state index is -0.428. The summed E-state index contributed by atoms with van der Waals surface area (Å²) in [4.78, 5) is 12.6. The summed E-state index contributed by atoms with van der Waals surface area (Å²) < 4.78 is 11.4. The van der Waals surface area contributed by atoms with Crippen molar-refractivity contribution in [1.29, 1.82) is 0 Å². The molecule has 0 radical (unpaired) electrons. The van der Waals surface area contributed by atoms with Gasteiger partial charge in [-0.2, -0.15) is 0 Å². The van der Waals surface area contributed by atoms with Gasteiger partial charge in [-0.15, -0.1) is 10.2 Å². The molecule has 0 saturated heterocycles. The molecule has 3 aromatic carbocycles. The van der Waals surface area contributed by atoms with E-state index in [0.29, 0.717) is 28.4 Å². The molecule has 8 heteroatoms. The fraction of sp³-hybridized carbons (Fsp3) is 0.125. The standard InChI is InChI=1S/C24H20ClN3O3S/c1-16(32-24-28-27-23(31-24)18-7-9-19(25)10-8-18)22(29)26-20-11-13-21(14-12-20)30-15-17-5-3-2-4-6-17/h2-14,16H,15H2,1H3,(H,26,29). The van der Waals surface area contributed by atoms with Gasteiger partial charge in [0.25, 0.3) is 5.22 Å². The van der Waals surface area contributed by atoms with E-state index in [9.17, 15) is 4.79 Å². The van der Waals surface area contributed by atoms with Gasteiger partial charge in [-0.25, -0.2) is 0 Å². The van der Waals surface area contributed by atoms with Crippen LogP contribution in [-0.4, -0.2) is 21.4 Å². The van der Waals surface area contributed by atoms with Gasteiger partial charge >= 0.3 is 0 Å². The van der Waals surface area contributed by atoms with E-state index < -0.39 is 5.25 Å². The van der Waals surface area contributed by atoms with Gasteiger partial charge in [0.1, 0.15) is 12.4 Å². The second-order valence-corrected chi connectivity index (χ2v) is 8.66. The summed E-state index contributed by atoms with van der Waals surface area (Å²) in [5.41, 5.74) is 2.54. The Morgan fingerprint density at radius 3 is 2.47 bits per heavy atom. The number of carbonyl (C=O) groups excluding carboxylic acids is 1. The van der Waals surface area contributed by atoms with Crippen LogP contribution in [-0.2, 0) is 11.4 Å². The highest BCUT2D eigenvalue weighted by molar-refractivity contribution is 8.00. The van der Waals surface area contributed by atoms with Gasteiger partial charge in [-0.1, -0.05) is 53.7 Å². The average Bonchev–Trinajstić information content (AvgIpc) is 3.28. The Balaban J connectivity index is 1.29. The Bertz CT molecular complexity index is 1170. The molecule has 1 amide bonds. The van der Waals surface area contributed by atoms with Crippen LogP contribution < -0.4 is 10.1 Å². The van der Waals surface area contributed by atoms with E-state index in [2.05, 4.69) is 15.5 Å². The molecular formula is C24H20ClN3O3S. The van der Waals surface area contributed by atoms with Crippen LogP contribution in [0.5, 0.6) is 5.75 Å². The maximum absolute atomic E-state index is 12.6. The summed E-state index contributed by atoms with van der Waals surface area (Å²) in [6, 6.07) is 24.3. The number of hydrogen-bond donors (Lipinski definition) is 1. The molecule has 1 unspecified atom stereocenters. The number of anilines is 1. The molecule has 0 fully saturated rings. The minimum Gasteiger partial charge on any atom is -0.489 e. The van der Waals surface area contributed by atoms with Gasteiger partial charge in [-0.05, 0) is 61.0 Å². The molecule has 0 aliphatic heterocycles. The van der Waals surface area contributed by atoms with Crippen molar-refractivity contribution in [1.82, 2.24) is 10.2 Å². The molecule has 0 bridgehead atoms. The molecule has 4 aromatic rings. The largest absolute Gasteiger partial charge is 0.489 e. The van der Waals surface area contributed by atoms with Gasteiger partial charge in [0.15, 0.2) is 0 Å². The number of nitrogens with zero attached hydrogens (tertiary/aromatic N) is 2. The van der Waals surface area contributed by atoms with E-state index in [-0.39, 0.29) is 5.91 Å². The molecule has 1 aromatic heterocycles. The monoisotopic (exact) mass is 465 g/mol. The number of benzene rings is 3. The number of hydrogen-bond acceptors (Lipinski definition) is 6. The quantitative estimate of drug-likeness (QED) is 0.317. The summed E-state index contributed by atoms with van der Waals surface area (Å²) in [5, 5.41) is 11.5. The molecule has 0 aliphatic carbocycles. The Labute approximate surface area is 195 Å². The number of thioether (sulfide) groups is 1. The molecule has 32 heavy (non-hydrogen) atoms. The third kappa shape index (κ3) is 5.90. The van der Waals surface area contributed by atoms with E-state index in [1.807, 2.05) is 42.5 Å². The summed E-state index contributed by atoms with van der Waals surface area (Å²) in [7, 11) is 0. The van der Waals surface area contributed by atoms with E-state index in [1.165, 1.54) is 11.8 Å². The van der Waals surface area contributed by atoms with Crippen LogP contribution in [0, 0.1) is 0 Å². The third-order valence-corrected chi connectivity index (χ3v) is 5.70. The Hall–Kier alpha value is -3.29. The van der Waals surface area contributed by atoms with Gasteiger partial charge in [0.05, 0.1) is 5.25 Å². The predicted octanol–water partition coefficient (Wildman–Crippen LogP) is 6.09. The SMILES string of the molecule is CC(Sc1nnc(-c2ccc(Cl)cc2)o1)C(=O)Nc1ccc(OCc2ccccc2)cc1. The molecule has 1 N–H and O–H groups in total. The van der Waals surface area contributed by atoms with Crippen LogP contribution in [0.15, 0.2) is 88.5 Å². The zero-order valence-corrected chi connectivity index (χ0v) is 18.8. The minimum absolute atomic E-state index is 0.167. The summed E-state index contributed by atoms with van der Waals surface area (Å²) in [5.74, 6) is 0.942. The first-order valence-electron chi connectivity index (χ1n) is 9.90. The smallest absolute Gasteiger partial charge is 0.277 e. The first-order chi connectivity index (χ1) is 15.6. The van der Waals surface area contributed by atoms with Crippen molar-refractivity contribution in [2.24, 2.45) is 0 Å². The first-order valence-corrected chi connectivity index (χ1v) is 11.2. The lowest BCUT2D eigenvalue weighted by molar-refractivity contribution is -0.115. The lowest BCUT2D eigenvalue weighted by Crippen LogP contribution is -2.22. The number of rotatable bonds is 8. The van der Waals surface area contributed by atoms with E-state index in [4.69, 9.17) is 20.8 Å². The van der Waals surface area contributed by atoms with Crippen molar-refractivity contribution in [2.45, 2.75) is 24.0 Å². The highest BCUT2D eigenvalue weighted by Gasteiger charge is 2.19.